The molecule has 4 rings (SSSR count). The Morgan fingerprint density at radius 1 is 1.14 bits per heavy atom. The number of rotatable bonds is 7. The molecule has 0 saturated heterocycles. The number of pyridine rings is 1. The minimum Gasteiger partial charge on any atom is -0.489 e. The number of para-hydroxylation sites is 1. The van der Waals surface area contributed by atoms with Crippen LogP contribution in [0.3, 0.4) is 0 Å². The van der Waals surface area contributed by atoms with Crippen LogP contribution in [0.5, 0.6) is 5.75 Å². The Kier molecular flexibility index (Phi) is 5.55. The van der Waals surface area contributed by atoms with Gasteiger partial charge in [0.15, 0.2) is 0 Å². The zero-order chi connectivity index (χ0) is 20.2. The first-order valence-corrected chi connectivity index (χ1v) is 10.1. The molecule has 0 aliphatic heterocycles. The second-order valence-electron chi connectivity index (χ2n) is 6.68. The van der Waals surface area contributed by atoms with Gasteiger partial charge in [-0.05, 0) is 58.5 Å². The molecule has 6 heteroatoms. The average molecular weight is 404 g/mol. The maximum atomic E-state index is 11.1. The summed E-state index contributed by atoms with van der Waals surface area (Å²) in [6.07, 6.45) is 1.71. The van der Waals surface area contributed by atoms with Crippen LogP contribution in [0, 0.1) is 0 Å². The fraction of sp³-hybridized carbons (Fsp3) is 0.130. The fourth-order valence-corrected chi connectivity index (χ4v) is 4.20. The van der Waals surface area contributed by atoms with Crippen molar-refractivity contribution in [2.45, 2.75) is 19.6 Å². The number of nitrogens with zero attached hydrogens (tertiary/aromatic N) is 1. The van der Waals surface area contributed by atoms with E-state index in [1.54, 1.807) is 29.7 Å². The molecular weight excluding hydrogens is 384 g/mol. The molecule has 0 bridgehead atoms. The fourth-order valence-electron chi connectivity index (χ4n) is 3.32. The monoisotopic (exact) mass is 404 g/mol. The highest BCUT2D eigenvalue weighted by molar-refractivity contribution is 7.17. The second-order valence-corrected chi connectivity index (χ2v) is 7.63. The van der Waals surface area contributed by atoms with Crippen LogP contribution in [-0.4, -0.2) is 16.1 Å². The number of carboxylic acids is 1. The highest BCUT2D eigenvalue weighted by Gasteiger charge is 2.11. The number of thiophene rings is 1. The quantitative estimate of drug-likeness (QED) is 0.469. The minimum atomic E-state index is -0.878. The molecule has 0 saturated carbocycles. The van der Waals surface area contributed by atoms with E-state index in [1.807, 2.05) is 24.3 Å². The van der Waals surface area contributed by atoms with Crippen LogP contribution >= 0.6 is 11.3 Å². The smallest absolute Gasteiger partial charge is 0.307 e. The van der Waals surface area contributed by atoms with Crippen LogP contribution in [-0.2, 0) is 24.4 Å². The Labute approximate surface area is 172 Å². The molecule has 3 N–H and O–H groups in total. The number of hydrogen-bond acceptors (Lipinski definition) is 5. The van der Waals surface area contributed by atoms with Gasteiger partial charge in [0.25, 0.3) is 0 Å². The van der Waals surface area contributed by atoms with Gasteiger partial charge in [-0.3, -0.25) is 9.78 Å². The van der Waals surface area contributed by atoms with Gasteiger partial charge in [0, 0.05) is 28.4 Å². The SMILES string of the molecule is NCc1cc(-c2cc(COc3ccccc3CC(=O)O)cc3sccc23)ccn1. The lowest BCUT2D eigenvalue weighted by Gasteiger charge is -2.12. The van der Waals surface area contributed by atoms with E-state index in [0.29, 0.717) is 24.5 Å². The van der Waals surface area contributed by atoms with Gasteiger partial charge in [-0.25, -0.2) is 0 Å². The predicted molar refractivity (Wildman–Crippen MR) is 115 cm³/mol. The molecule has 0 amide bonds. The first-order valence-electron chi connectivity index (χ1n) is 9.22. The Bertz CT molecular complexity index is 1170. The van der Waals surface area contributed by atoms with Crippen LogP contribution in [0.25, 0.3) is 21.2 Å². The molecule has 146 valence electrons. The molecule has 29 heavy (non-hydrogen) atoms. The van der Waals surface area contributed by atoms with Gasteiger partial charge in [0.2, 0.25) is 0 Å². The van der Waals surface area contributed by atoms with Gasteiger partial charge < -0.3 is 15.6 Å². The molecule has 0 spiro atoms. The van der Waals surface area contributed by atoms with Crippen LogP contribution in [0.15, 0.2) is 66.2 Å². The summed E-state index contributed by atoms with van der Waals surface area (Å²) < 4.78 is 7.17. The molecule has 0 aliphatic carbocycles. The van der Waals surface area contributed by atoms with Crippen molar-refractivity contribution < 1.29 is 14.6 Å². The molecule has 0 atom stereocenters. The summed E-state index contributed by atoms with van der Waals surface area (Å²) >= 11 is 1.68. The number of aliphatic carboxylic acids is 1. The van der Waals surface area contributed by atoms with Crippen molar-refractivity contribution >= 4 is 27.4 Å². The van der Waals surface area contributed by atoms with Crippen molar-refractivity contribution in [3.63, 3.8) is 0 Å². The topological polar surface area (TPSA) is 85.4 Å². The first kappa shape index (κ1) is 19.1. The van der Waals surface area contributed by atoms with Crippen molar-refractivity contribution in [3.05, 3.63) is 83.0 Å². The van der Waals surface area contributed by atoms with E-state index < -0.39 is 5.97 Å². The summed E-state index contributed by atoms with van der Waals surface area (Å²) in [5.74, 6) is -0.284. The molecule has 2 aromatic heterocycles. The summed E-state index contributed by atoms with van der Waals surface area (Å²) in [6.45, 7) is 0.746. The second kappa shape index (κ2) is 8.43. The molecule has 0 radical (unpaired) electrons. The van der Waals surface area contributed by atoms with Crippen molar-refractivity contribution in [2.75, 3.05) is 0 Å². The number of carboxylic acid groups (broad SMARTS) is 1. The number of benzene rings is 2. The highest BCUT2D eigenvalue weighted by atomic mass is 32.1. The summed E-state index contributed by atoms with van der Waals surface area (Å²) in [5.41, 5.74) is 10.5. The third-order valence-corrected chi connectivity index (χ3v) is 5.54. The predicted octanol–water partition coefficient (Wildman–Crippen LogP) is 4.63. The van der Waals surface area contributed by atoms with Gasteiger partial charge in [-0.1, -0.05) is 18.2 Å². The summed E-state index contributed by atoms with van der Waals surface area (Å²) in [6, 6.07) is 17.6. The summed E-state index contributed by atoms with van der Waals surface area (Å²) in [5, 5.41) is 12.4. The van der Waals surface area contributed by atoms with E-state index in [2.05, 4.69) is 28.6 Å². The van der Waals surface area contributed by atoms with Crippen LogP contribution in [0.4, 0.5) is 0 Å². The number of fused-ring (bicyclic) bond motifs is 1. The lowest BCUT2D eigenvalue weighted by atomic mass is 9.99. The number of ether oxygens (including phenoxy) is 1. The third-order valence-electron chi connectivity index (χ3n) is 4.68. The number of nitrogens with two attached hydrogens (primary N) is 1. The van der Waals surface area contributed by atoms with Gasteiger partial charge in [-0.15, -0.1) is 11.3 Å². The lowest BCUT2D eigenvalue weighted by molar-refractivity contribution is -0.136. The van der Waals surface area contributed by atoms with Crippen molar-refractivity contribution in [1.82, 2.24) is 4.98 Å². The molecule has 4 aromatic rings. The number of aromatic nitrogens is 1. The van der Waals surface area contributed by atoms with Crippen molar-refractivity contribution in [3.8, 4) is 16.9 Å². The van der Waals surface area contributed by atoms with Gasteiger partial charge in [0.05, 0.1) is 12.1 Å². The van der Waals surface area contributed by atoms with E-state index in [1.165, 1.54) is 10.1 Å². The standard InChI is InChI=1S/C23H20N2O3S/c24-13-18-11-16(5-7-25-18)20-9-15(10-22-19(20)6-8-29-22)14-28-21-4-2-1-3-17(21)12-23(26)27/h1-11H,12-14,24H2,(H,26,27). The Morgan fingerprint density at radius 3 is 2.83 bits per heavy atom. The average Bonchev–Trinajstić information content (AvgIpc) is 3.21. The van der Waals surface area contributed by atoms with Crippen LogP contribution in [0.2, 0.25) is 0 Å². The van der Waals surface area contributed by atoms with Crippen LogP contribution in [0.1, 0.15) is 16.8 Å². The Hall–Kier alpha value is -3.22. The molecule has 0 aliphatic rings. The first-order chi connectivity index (χ1) is 14.1. The van der Waals surface area contributed by atoms with Gasteiger partial charge in [-0.2, -0.15) is 0 Å². The Balaban J connectivity index is 1.67. The summed E-state index contributed by atoms with van der Waals surface area (Å²) in [7, 11) is 0. The van der Waals surface area contributed by atoms with Gasteiger partial charge >= 0.3 is 5.97 Å². The molecule has 0 unspecified atom stereocenters. The minimum absolute atomic E-state index is 0.0652. The van der Waals surface area contributed by atoms with E-state index in [-0.39, 0.29) is 6.42 Å². The lowest BCUT2D eigenvalue weighted by Crippen LogP contribution is -2.04. The normalized spacial score (nSPS) is 10.9. The molecule has 5 nitrogen and oxygen atoms in total. The van der Waals surface area contributed by atoms with Gasteiger partial charge in [0.1, 0.15) is 12.4 Å². The van der Waals surface area contributed by atoms with E-state index in [9.17, 15) is 4.79 Å². The number of carbonyl (C=O) groups is 1. The zero-order valence-electron chi connectivity index (χ0n) is 15.7. The largest absolute Gasteiger partial charge is 0.489 e. The van der Waals surface area contributed by atoms with Crippen molar-refractivity contribution in [2.24, 2.45) is 5.73 Å². The van der Waals surface area contributed by atoms with E-state index in [0.717, 1.165) is 22.4 Å². The number of hydrogen-bond donors (Lipinski definition) is 2. The Morgan fingerprint density at radius 2 is 2.00 bits per heavy atom. The van der Waals surface area contributed by atoms with E-state index >= 15 is 0 Å². The summed E-state index contributed by atoms with van der Waals surface area (Å²) in [4.78, 5) is 15.4. The van der Waals surface area contributed by atoms with E-state index in [4.69, 9.17) is 15.6 Å². The molecular formula is C23H20N2O3S. The maximum Gasteiger partial charge on any atom is 0.307 e. The highest BCUT2D eigenvalue weighted by Crippen LogP contribution is 2.34. The molecule has 0 fully saturated rings. The van der Waals surface area contributed by atoms with Crippen molar-refractivity contribution in [1.29, 1.82) is 0 Å². The zero-order valence-corrected chi connectivity index (χ0v) is 16.5. The third kappa shape index (κ3) is 4.29. The maximum absolute atomic E-state index is 11.1. The molecule has 2 aromatic carbocycles. The molecule has 2 heterocycles. The van der Waals surface area contributed by atoms with Crippen LogP contribution < -0.4 is 10.5 Å².